The van der Waals surface area contributed by atoms with Gasteiger partial charge in [0.15, 0.2) is 0 Å². The number of anilines is 1. The average molecular weight is 340 g/mol. The van der Waals surface area contributed by atoms with E-state index < -0.39 is 0 Å². The van der Waals surface area contributed by atoms with Crippen LogP contribution in [0.5, 0.6) is 0 Å². The molecule has 3 N–H and O–H groups in total. The smallest absolute Gasteiger partial charge is 0.256 e. The number of halogens is 1. The highest BCUT2D eigenvalue weighted by Gasteiger charge is 2.14. The largest absolute Gasteiger partial charge is 0.326 e. The van der Waals surface area contributed by atoms with Crippen LogP contribution >= 0.6 is 23.7 Å². The van der Waals surface area contributed by atoms with Gasteiger partial charge in [0.1, 0.15) is 5.00 Å². The molecule has 2 aromatic rings. The summed E-state index contributed by atoms with van der Waals surface area (Å²) in [4.78, 5) is 16.8. The van der Waals surface area contributed by atoms with Gasteiger partial charge in [-0.15, -0.1) is 23.7 Å². The number of aryl methyl sites for hydroxylation is 1. The highest BCUT2D eigenvalue weighted by molar-refractivity contribution is 7.16. The topological polar surface area (TPSA) is 68.0 Å². The Morgan fingerprint density at radius 2 is 1.95 bits per heavy atom. The van der Waals surface area contributed by atoms with Gasteiger partial charge in [-0.3, -0.25) is 4.79 Å². The first-order valence-electron chi connectivity index (χ1n) is 7.06. The summed E-state index contributed by atoms with van der Waals surface area (Å²) in [5, 5.41) is 4.80. The van der Waals surface area contributed by atoms with Crippen molar-refractivity contribution in [2.75, 3.05) is 5.32 Å². The van der Waals surface area contributed by atoms with Crippen LogP contribution < -0.4 is 11.1 Å². The first kappa shape index (κ1) is 18.6. The molecule has 0 spiro atoms. The highest BCUT2D eigenvalue weighted by atomic mass is 35.5. The number of hydrogen-bond acceptors (Lipinski definition) is 4. The molecule has 1 amide bonds. The van der Waals surface area contributed by atoms with Crippen molar-refractivity contribution in [1.29, 1.82) is 0 Å². The van der Waals surface area contributed by atoms with Crippen LogP contribution in [-0.2, 0) is 13.0 Å². The lowest BCUT2D eigenvalue weighted by Gasteiger charge is -2.07. The van der Waals surface area contributed by atoms with Crippen LogP contribution in [0.3, 0.4) is 0 Å². The number of nitrogens with two attached hydrogens (primary N) is 1. The van der Waals surface area contributed by atoms with E-state index in [2.05, 4.69) is 24.1 Å². The third-order valence-electron chi connectivity index (χ3n) is 3.08. The van der Waals surface area contributed by atoms with Gasteiger partial charge >= 0.3 is 0 Å². The standard InChI is InChI=1S/C16H21N3OS.ClH/c1-10(2)8-14-16(21-11(3)18-14)19-15(20)13-6-4-12(9-17)5-7-13;/h4-7,10H,8-9,17H2,1-3H3,(H,19,20);1H. The second-order valence-electron chi connectivity index (χ2n) is 5.46. The number of aromatic nitrogens is 1. The van der Waals surface area contributed by atoms with Crippen molar-refractivity contribution in [1.82, 2.24) is 4.98 Å². The van der Waals surface area contributed by atoms with Crippen LogP contribution in [-0.4, -0.2) is 10.9 Å². The van der Waals surface area contributed by atoms with Gasteiger partial charge in [0.2, 0.25) is 0 Å². The Morgan fingerprint density at radius 3 is 2.50 bits per heavy atom. The lowest BCUT2D eigenvalue weighted by molar-refractivity contribution is 0.102. The van der Waals surface area contributed by atoms with Gasteiger partial charge in [0.05, 0.1) is 10.7 Å². The van der Waals surface area contributed by atoms with Crippen LogP contribution in [0.1, 0.15) is 40.5 Å². The molecule has 6 heteroatoms. The summed E-state index contributed by atoms with van der Waals surface area (Å²) in [6, 6.07) is 7.35. The highest BCUT2D eigenvalue weighted by Crippen LogP contribution is 2.26. The molecule has 0 saturated carbocycles. The van der Waals surface area contributed by atoms with Crippen LogP contribution in [0, 0.1) is 12.8 Å². The van der Waals surface area contributed by atoms with Crippen molar-refractivity contribution < 1.29 is 4.79 Å². The Balaban J connectivity index is 0.00000242. The lowest BCUT2D eigenvalue weighted by atomic mass is 10.1. The molecule has 0 fully saturated rings. The Hall–Kier alpha value is -1.43. The van der Waals surface area contributed by atoms with Gasteiger partial charge in [0, 0.05) is 12.1 Å². The van der Waals surface area contributed by atoms with Gasteiger partial charge in [-0.1, -0.05) is 26.0 Å². The van der Waals surface area contributed by atoms with Gasteiger partial charge in [-0.2, -0.15) is 0 Å². The molecule has 1 aromatic heterocycles. The first-order valence-corrected chi connectivity index (χ1v) is 7.88. The Kier molecular flexibility index (Phi) is 7.00. The zero-order valence-corrected chi connectivity index (χ0v) is 14.7. The maximum absolute atomic E-state index is 12.3. The molecule has 0 bridgehead atoms. The van der Waals surface area contributed by atoms with Crippen molar-refractivity contribution in [3.63, 3.8) is 0 Å². The zero-order chi connectivity index (χ0) is 15.4. The predicted octanol–water partition coefficient (Wildman–Crippen LogP) is 3.78. The van der Waals surface area contributed by atoms with Crippen molar-refractivity contribution in [3.05, 3.63) is 46.1 Å². The van der Waals surface area contributed by atoms with Gasteiger partial charge in [0.25, 0.3) is 5.91 Å². The minimum Gasteiger partial charge on any atom is -0.326 e. The molecule has 1 aromatic carbocycles. The van der Waals surface area contributed by atoms with Crippen molar-refractivity contribution in [2.45, 2.75) is 33.7 Å². The van der Waals surface area contributed by atoms with E-state index >= 15 is 0 Å². The van der Waals surface area contributed by atoms with Crippen LogP contribution in [0.2, 0.25) is 0 Å². The van der Waals surface area contributed by atoms with Gasteiger partial charge < -0.3 is 11.1 Å². The Bertz CT molecular complexity index is 623. The molecule has 0 saturated heterocycles. The molecule has 1 heterocycles. The van der Waals surface area contributed by atoms with E-state index in [-0.39, 0.29) is 18.3 Å². The summed E-state index contributed by atoms with van der Waals surface area (Å²) < 4.78 is 0. The number of nitrogens with zero attached hydrogens (tertiary/aromatic N) is 1. The summed E-state index contributed by atoms with van der Waals surface area (Å²) in [6.45, 7) is 6.73. The molecule has 0 aliphatic carbocycles. The van der Waals surface area contributed by atoms with Crippen LogP contribution in [0.4, 0.5) is 5.00 Å². The Morgan fingerprint density at radius 1 is 1.32 bits per heavy atom. The van der Waals surface area contributed by atoms with Gasteiger partial charge in [-0.25, -0.2) is 4.98 Å². The van der Waals surface area contributed by atoms with Crippen LogP contribution in [0.15, 0.2) is 24.3 Å². The molecule has 22 heavy (non-hydrogen) atoms. The molecule has 0 atom stereocenters. The average Bonchev–Trinajstić information content (AvgIpc) is 2.77. The minimum absolute atomic E-state index is 0. The molecule has 2 rings (SSSR count). The monoisotopic (exact) mass is 339 g/mol. The second-order valence-corrected chi connectivity index (χ2v) is 6.67. The molecule has 0 unspecified atom stereocenters. The summed E-state index contributed by atoms with van der Waals surface area (Å²) in [6.07, 6.45) is 0.867. The van der Waals surface area contributed by atoms with E-state index in [1.165, 1.54) is 11.3 Å². The first-order chi connectivity index (χ1) is 9.99. The normalized spacial score (nSPS) is 10.4. The zero-order valence-electron chi connectivity index (χ0n) is 13.1. The van der Waals surface area contributed by atoms with Crippen LogP contribution in [0.25, 0.3) is 0 Å². The van der Waals surface area contributed by atoms with Crippen molar-refractivity contribution in [3.8, 4) is 0 Å². The fourth-order valence-electron chi connectivity index (χ4n) is 2.06. The van der Waals surface area contributed by atoms with Crippen molar-refractivity contribution >= 4 is 34.7 Å². The third-order valence-corrected chi connectivity index (χ3v) is 4.01. The number of rotatable bonds is 5. The van der Waals surface area contributed by atoms with E-state index in [0.717, 1.165) is 27.7 Å². The molecular formula is C16H22ClN3OS. The minimum atomic E-state index is -0.104. The summed E-state index contributed by atoms with van der Waals surface area (Å²) in [7, 11) is 0. The van der Waals surface area contributed by atoms with E-state index in [1.54, 1.807) is 12.1 Å². The third kappa shape index (κ3) is 4.80. The molecular weight excluding hydrogens is 318 g/mol. The van der Waals surface area contributed by atoms with E-state index in [1.807, 2.05) is 19.1 Å². The maximum Gasteiger partial charge on any atom is 0.256 e. The SMILES string of the molecule is Cc1nc(CC(C)C)c(NC(=O)c2ccc(CN)cc2)s1.Cl. The quantitative estimate of drug-likeness (QED) is 0.871. The molecule has 4 nitrogen and oxygen atoms in total. The van der Waals surface area contributed by atoms with E-state index in [4.69, 9.17) is 5.73 Å². The number of hydrogen-bond donors (Lipinski definition) is 2. The fraction of sp³-hybridized carbons (Fsp3) is 0.375. The van der Waals surface area contributed by atoms with E-state index in [0.29, 0.717) is 18.0 Å². The molecule has 0 aliphatic rings. The van der Waals surface area contributed by atoms with Crippen molar-refractivity contribution in [2.24, 2.45) is 11.7 Å². The Labute approximate surface area is 141 Å². The summed E-state index contributed by atoms with van der Waals surface area (Å²) >= 11 is 1.52. The summed E-state index contributed by atoms with van der Waals surface area (Å²) in [5.74, 6) is 0.401. The number of benzene rings is 1. The molecule has 0 radical (unpaired) electrons. The number of carbonyl (C=O) groups is 1. The number of carbonyl (C=O) groups excluding carboxylic acids is 1. The molecule has 0 aliphatic heterocycles. The predicted molar refractivity (Wildman–Crippen MR) is 94.9 cm³/mol. The van der Waals surface area contributed by atoms with E-state index in [9.17, 15) is 4.79 Å². The summed E-state index contributed by atoms with van der Waals surface area (Å²) in [5.41, 5.74) is 8.18. The number of thiazole rings is 1. The van der Waals surface area contributed by atoms with Gasteiger partial charge in [-0.05, 0) is 37.0 Å². The second kappa shape index (κ2) is 8.27. The number of amides is 1. The molecule has 120 valence electrons. The fourth-order valence-corrected chi connectivity index (χ4v) is 2.90. The lowest BCUT2D eigenvalue weighted by Crippen LogP contribution is -2.13. The number of nitrogens with one attached hydrogen (secondary N) is 1. The maximum atomic E-state index is 12.3.